The summed E-state index contributed by atoms with van der Waals surface area (Å²) in [6.07, 6.45) is 3.91. The predicted octanol–water partition coefficient (Wildman–Crippen LogP) is 3.91. The summed E-state index contributed by atoms with van der Waals surface area (Å²) in [7, 11) is 2.15. The Balaban J connectivity index is 1.31. The number of amides is 1. The third kappa shape index (κ3) is 5.85. The van der Waals surface area contributed by atoms with Gasteiger partial charge in [0.25, 0.3) is 5.91 Å². The van der Waals surface area contributed by atoms with Crippen molar-refractivity contribution in [2.45, 2.75) is 39.3 Å². The highest BCUT2D eigenvalue weighted by Gasteiger charge is 2.18. The second-order valence-corrected chi connectivity index (χ2v) is 8.81. The minimum atomic E-state index is -0.0975. The van der Waals surface area contributed by atoms with Gasteiger partial charge in [0.05, 0.1) is 5.56 Å². The molecule has 2 aromatic heterocycles. The van der Waals surface area contributed by atoms with Crippen molar-refractivity contribution in [2.24, 2.45) is 0 Å². The number of nitrogens with zero attached hydrogens (tertiary/aromatic N) is 3. The number of likely N-dealkylation sites (N-methyl/N-ethyl adjacent to an activating group) is 1. The molecule has 0 spiro atoms. The van der Waals surface area contributed by atoms with E-state index in [0.29, 0.717) is 24.8 Å². The van der Waals surface area contributed by atoms with Gasteiger partial charge in [0, 0.05) is 49.9 Å². The SMILES string of the molecule is Cc1cc(C(=O)NCc2cccc(OCCN(C)C3CCOCC3)c2)c(C)n1-c1ccccn1. The number of rotatable bonds is 9. The van der Waals surface area contributed by atoms with Crippen LogP contribution >= 0.6 is 0 Å². The van der Waals surface area contributed by atoms with Gasteiger partial charge < -0.3 is 19.4 Å². The van der Waals surface area contributed by atoms with E-state index in [1.165, 1.54) is 0 Å². The number of hydrogen-bond donors (Lipinski definition) is 1. The van der Waals surface area contributed by atoms with Crippen LogP contribution in [-0.4, -0.2) is 59.8 Å². The van der Waals surface area contributed by atoms with E-state index in [2.05, 4.69) is 22.2 Å². The van der Waals surface area contributed by atoms with Gasteiger partial charge in [-0.2, -0.15) is 0 Å². The average molecular weight is 463 g/mol. The highest BCUT2D eigenvalue weighted by Crippen LogP contribution is 2.20. The van der Waals surface area contributed by atoms with Crippen LogP contribution in [0.5, 0.6) is 5.75 Å². The van der Waals surface area contributed by atoms with Gasteiger partial charge in [-0.25, -0.2) is 4.98 Å². The molecule has 1 amide bonds. The van der Waals surface area contributed by atoms with Crippen molar-refractivity contribution in [1.29, 1.82) is 0 Å². The topological polar surface area (TPSA) is 68.6 Å². The van der Waals surface area contributed by atoms with Gasteiger partial charge in [-0.1, -0.05) is 18.2 Å². The summed E-state index contributed by atoms with van der Waals surface area (Å²) in [6, 6.07) is 16.2. The first-order valence-corrected chi connectivity index (χ1v) is 11.9. The van der Waals surface area contributed by atoms with E-state index in [-0.39, 0.29) is 5.91 Å². The van der Waals surface area contributed by atoms with Crippen LogP contribution in [0.15, 0.2) is 54.7 Å². The van der Waals surface area contributed by atoms with Crippen molar-refractivity contribution < 1.29 is 14.3 Å². The molecular weight excluding hydrogens is 428 g/mol. The number of aromatic nitrogens is 2. The van der Waals surface area contributed by atoms with Gasteiger partial charge in [-0.05, 0) is 69.6 Å². The Morgan fingerprint density at radius 1 is 1.18 bits per heavy atom. The van der Waals surface area contributed by atoms with Crippen LogP contribution in [0.1, 0.15) is 40.2 Å². The third-order valence-corrected chi connectivity index (χ3v) is 6.43. The second kappa shape index (κ2) is 11.3. The average Bonchev–Trinajstić information content (AvgIpc) is 3.17. The minimum Gasteiger partial charge on any atom is -0.492 e. The summed E-state index contributed by atoms with van der Waals surface area (Å²) in [6.45, 7) is 7.56. The fourth-order valence-electron chi connectivity index (χ4n) is 4.47. The van der Waals surface area contributed by atoms with Crippen LogP contribution < -0.4 is 10.1 Å². The first kappa shape index (κ1) is 24.0. The molecule has 1 fully saturated rings. The van der Waals surface area contributed by atoms with Gasteiger partial charge in [0.1, 0.15) is 18.2 Å². The fraction of sp³-hybridized carbons (Fsp3) is 0.407. The molecule has 0 radical (unpaired) electrons. The van der Waals surface area contributed by atoms with Gasteiger partial charge >= 0.3 is 0 Å². The van der Waals surface area contributed by atoms with Crippen LogP contribution in [0.25, 0.3) is 5.82 Å². The zero-order valence-electron chi connectivity index (χ0n) is 20.3. The molecule has 0 unspecified atom stereocenters. The predicted molar refractivity (Wildman–Crippen MR) is 133 cm³/mol. The molecule has 0 atom stereocenters. The first-order valence-electron chi connectivity index (χ1n) is 11.9. The Bertz CT molecular complexity index is 1090. The van der Waals surface area contributed by atoms with E-state index in [1.54, 1.807) is 6.20 Å². The van der Waals surface area contributed by atoms with E-state index < -0.39 is 0 Å². The van der Waals surface area contributed by atoms with Crippen molar-refractivity contribution in [2.75, 3.05) is 33.4 Å². The number of ether oxygens (including phenoxy) is 2. The maximum absolute atomic E-state index is 12.9. The van der Waals surface area contributed by atoms with Crippen molar-refractivity contribution in [3.05, 3.63) is 77.2 Å². The number of carbonyl (C=O) groups excluding carboxylic acids is 1. The monoisotopic (exact) mass is 462 g/mol. The summed E-state index contributed by atoms with van der Waals surface area (Å²) in [5.41, 5.74) is 3.51. The summed E-state index contributed by atoms with van der Waals surface area (Å²) >= 11 is 0. The maximum Gasteiger partial charge on any atom is 0.253 e. The van der Waals surface area contributed by atoms with E-state index in [1.807, 2.05) is 66.9 Å². The number of aryl methyl sites for hydroxylation is 1. The summed E-state index contributed by atoms with van der Waals surface area (Å²) in [5.74, 6) is 1.53. The van der Waals surface area contributed by atoms with E-state index in [9.17, 15) is 4.79 Å². The van der Waals surface area contributed by atoms with Crippen LogP contribution in [0.3, 0.4) is 0 Å². The highest BCUT2D eigenvalue weighted by atomic mass is 16.5. The molecule has 0 saturated carbocycles. The molecule has 1 aliphatic rings. The number of hydrogen-bond acceptors (Lipinski definition) is 5. The Morgan fingerprint density at radius 2 is 2.00 bits per heavy atom. The molecule has 34 heavy (non-hydrogen) atoms. The number of carbonyl (C=O) groups is 1. The summed E-state index contributed by atoms with van der Waals surface area (Å²) < 4.78 is 13.4. The molecule has 7 heteroatoms. The largest absolute Gasteiger partial charge is 0.492 e. The molecule has 1 N–H and O–H groups in total. The molecule has 0 aliphatic carbocycles. The number of pyridine rings is 1. The molecule has 3 heterocycles. The lowest BCUT2D eigenvalue weighted by Crippen LogP contribution is -2.38. The van der Waals surface area contributed by atoms with Crippen LogP contribution in [0.2, 0.25) is 0 Å². The lowest BCUT2D eigenvalue weighted by Gasteiger charge is -2.31. The molecule has 0 bridgehead atoms. The quantitative estimate of drug-likeness (QED) is 0.522. The van der Waals surface area contributed by atoms with Crippen molar-refractivity contribution in [1.82, 2.24) is 19.8 Å². The molecule has 4 rings (SSSR count). The Morgan fingerprint density at radius 3 is 2.76 bits per heavy atom. The maximum atomic E-state index is 12.9. The Kier molecular flexibility index (Phi) is 7.98. The smallest absolute Gasteiger partial charge is 0.253 e. The first-order chi connectivity index (χ1) is 16.5. The second-order valence-electron chi connectivity index (χ2n) is 8.81. The summed E-state index contributed by atoms with van der Waals surface area (Å²) in [4.78, 5) is 19.7. The normalized spacial score (nSPS) is 14.4. The Hall–Kier alpha value is -3.16. The van der Waals surface area contributed by atoms with E-state index in [4.69, 9.17) is 9.47 Å². The van der Waals surface area contributed by atoms with Crippen LogP contribution in [-0.2, 0) is 11.3 Å². The summed E-state index contributed by atoms with van der Waals surface area (Å²) in [5, 5.41) is 3.04. The number of benzene rings is 1. The van der Waals surface area contributed by atoms with Gasteiger partial charge in [-0.15, -0.1) is 0 Å². The molecule has 180 valence electrons. The lowest BCUT2D eigenvalue weighted by atomic mass is 10.1. The van der Waals surface area contributed by atoms with Gasteiger partial charge in [-0.3, -0.25) is 9.69 Å². The lowest BCUT2D eigenvalue weighted by molar-refractivity contribution is 0.0392. The zero-order chi connectivity index (χ0) is 23.9. The Labute approximate surface area is 201 Å². The van der Waals surface area contributed by atoms with Gasteiger partial charge in [0.15, 0.2) is 0 Å². The van der Waals surface area contributed by atoms with Crippen LogP contribution in [0.4, 0.5) is 0 Å². The molecular formula is C27H34N4O3. The van der Waals surface area contributed by atoms with Crippen molar-refractivity contribution >= 4 is 5.91 Å². The highest BCUT2D eigenvalue weighted by molar-refractivity contribution is 5.95. The van der Waals surface area contributed by atoms with Crippen molar-refractivity contribution in [3.63, 3.8) is 0 Å². The molecule has 3 aromatic rings. The number of nitrogens with one attached hydrogen (secondary N) is 1. The van der Waals surface area contributed by atoms with Crippen molar-refractivity contribution in [3.8, 4) is 11.6 Å². The van der Waals surface area contributed by atoms with E-state index >= 15 is 0 Å². The minimum absolute atomic E-state index is 0.0975. The van der Waals surface area contributed by atoms with E-state index in [0.717, 1.165) is 61.1 Å². The molecule has 1 aromatic carbocycles. The zero-order valence-corrected chi connectivity index (χ0v) is 20.3. The van der Waals surface area contributed by atoms with Crippen LogP contribution in [0, 0.1) is 13.8 Å². The molecule has 1 saturated heterocycles. The van der Waals surface area contributed by atoms with Gasteiger partial charge in [0.2, 0.25) is 0 Å². The fourth-order valence-corrected chi connectivity index (χ4v) is 4.47. The standard InChI is InChI=1S/C27H34N4O3/c1-20-17-25(21(2)31(20)26-9-4-5-12-28-26)27(32)29-19-22-7-6-8-24(18-22)34-16-13-30(3)23-10-14-33-15-11-23/h4-9,12,17-18,23H,10-11,13-16,19H2,1-3H3,(H,29,32). The molecule has 1 aliphatic heterocycles. The molecule has 7 nitrogen and oxygen atoms in total. The third-order valence-electron chi connectivity index (χ3n) is 6.43.